The molecule has 1 aliphatic rings. The van der Waals surface area contributed by atoms with Crippen LogP contribution in [0.4, 0.5) is 0 Å². The third-order valence-corrected chi connectivity index (χ3v) is 7.43. The van der Waals surface area contributed by atoms with Gasteiger partial charge < -0.3 is 4.42 Å². The SMILES string of the molecule is O=C(N/N=C\c1ccc(-c2ccc(Cl)cc2Cl)o1)c1ccc(CN2CCC(Cc3ccccc3)CC2)cc1. The highest BCUT2D eigenvalue weighted by Crippen LogP contribution is 2.31. The average Bonchev–Trinajstić information content (AvgIpc) is 3.39. The van der Waals surface area contributed by atoms with Gasteiger partial charge in [-0.2, -0.15) is 5.10 Å². The molecule has 194 valence electrons. The highest BCUT2D eigenvalue weighted by Gasteiger charge is 2.19. The minimum absolute atomic E-state index is 0.276. The quantitative estimate of drug-likeness (QED) is 0.184. The van der Waals surface area contributed by atoms with Crippen molar-refractivity contribution in [2.75, 3.05) is 13.1 Å². The number of hydrogen-bond acceptors (Lipinski definition) is 4. The number of rotatable bonds is 8. The molecule has 1 N–H and O–H groups in total. The summed E-state index contributed by atoms with van der Waals surface area (Å²) in [7, 11) is 0. The van der Waals surface area contributed by atoms with E-state index >= 15 is 0 Å². The van der Waals surface area contributed by atoms with E-state index in [2.05, 4.69) is 45.8 Å². The van der Waals surface area contributed by atoms with Gasteiger partial charge in [-0.1, -0.05) is 65.7 Å². The number of piperidine rings is 1. The first kappa shape index (κ1) is 26.2. The second kappa shape index (κ2) is 12.4. The Morgan fingerprint density at radius 3 is 2.45 bits per heavy atom. The molecule has 0 aliphatic carbocycles. The zero-order chi connectivity index (χ0) is 26.3. The van der Waals surface area contributed by atoms with Crippen molar-refractivity contribution in [3.63, 3.8) is 0 Å². The number of hydrazone groups is 1. The van der Waals surface area contributed by atoms with E-state index < -0.39 is 0 Å². The molecule has 1 amide bonds. The number of hydrogen-bond donors (Lipinski definition) is 1. The van der Waals surface area contributed by atoms with Gasteiger partial charge in [-0.3, -0.25) is 9.69 Å². The van der Waals surface area contributed by atoms with Crippen LogP contribution in [0.25, 0.3) is 11.3 Å². The molecule has 5 rings (SSSR count). The second-order valence-electron chi connectivity index (χ2n) is 9.63. The standard InChI is InChI=1S/C31H29Cl2N3O2/c32-26-10-12-28(29(33)19-26)30-13-11-27(38-30)20-34-35-31(37)25-8-6-24(7-9-25)21-36-16-14-23(15-17-36)18-22-4-2-1-3-5-22/h1-13,19-20,23H,14-18,21H2,(H,35,37)/b34-20-. The van der Waals surface area contributed by atoms with Gasteiger partial charge in [0.15, 0.2) is 0 Å². The maximum atomic E-state index is 12.5. The molecule has 1 fully saturated rings. The van der Waals surface area contributed by atoms with Gasteiger partial charge >= 0.3 is 0 Å². The Kier molecular flexibility index (Phi) is 8.59. The van der Waals surface area contributed by atoms with Gasteiger partial charge in [-0.15, -0.1) is 0 Å². The lowest BCUT2D eigenvalue weighted by Crippen LogP contribution is -2.33. The van der Waals surface area contributed by atoms with Crippen molar-refractivity contribution in [2.24, 2.45) is 11.0 Å². The Labute approximate surface area is 233 Å². The first-order chi connectivity index (χ1) is 18.5. The normalized spacial score (nSPS) is 14.7. The molecule has 1 saturated heterocycles. The van der Waals surface area contributed by atoms with Crippen molar-refractivity contribution in [1.82, 2.24) is 10.3 Å². The van der Waals surface area contributed by atoms with Gasteiger partial charge in [0.05, 0.1) is 11.2 Å². The second-order valence-corrected chi connectivity index (χ2v) is 10.5. The Morgan fingerprint density at radius 1 is 0.947 bits per heavy atom. The minimum atomic E-state index is -0.276. The molecule has 0 saturated carbocycles. The lowest BCUT2D eigenvalue weighted by atomic mass is 9.90. The topological polar surface area (TPSA) is 57.8 Å². The largest absolute Gasteiger partial charge is 0.455 e. The zero-order valence-corrected chi connectivity index (χ0v) is 22.5. The number of amides is 1. The summed E-state index contributed by atoms with van der Waals surface area (Å²) in [6.45, 7) is 3.11. The molecular weight excluding hydrogens is 517 g/mol. The van der Waals surface area contributed by atoms with Crippen LogP contribution < -0.4 is 5.43 Å². The molecule has 1 aromatic heterocycles. The van der Waals surface area contributed by atoms with E-state index in [1.54, 1.807) is 30.3 Å². The molecule has 0 atom stereocenters. The maximum absolute atomic E-state index is 12.5. The van der Waals surface area contributed by atoms with Gasteiger partial charge in [0.1, 0.15) is 11.5 Å². The lowest BCUT2D eigenvalue weighted by Gasteiger charge is -2.32. The summed E-state index contributed by atoms with van der Waals surface area (Å²) in [4.78, 5) is 15.0. The highest BCUT2D eigenvalue weighted by molar-refractivity contribution is 6.36. The molecule has 5 nitrogen and oxygen atoms in total. The molecule has 2 heterocycles. The summed E-state index contributed by atoms with van der Waals surface area (Å²) in [5, 5.41) is 5.09. The van der Waals surface area contributed by atoms with E-state index in [-0.39, 0.29) is 5.91 Å². The third kappa shape index (κ3) is 6.93. The molecular formula is C31H29Cl2N3O2. The maximum Gasteiger partial charge on any atom is 0.271 e. The van der Waals surface area contributed by atoms with Crippen LogP contribution in [0.1, 0.15) is 40.1 Å². The van der Waals surface area contributed by atoms with E-state index in [0.717, 1.165) is 31.1 Å². The monoisotopic (exact) mass is 545 g/mol. The number of nitrogens with one attached hydrogen (secondary N) is 1. The molecule has 4 aromatic rings. The Balaban J connectivity index is 1.08. The summed E-state index contributed by atoms with van der Waals surface area (Å²) in [5.74, 6) is 1.56. The van der Waals surface area contributed by atoms with Crippen LogP contribution in [-0.2, 0) is 13.0 Å². The summed E-state index contributed by atoms with van der Waals surface area (Å²) < 4.78 is 5.77. The van der Waals surface area contributed by atoms with E-state index in [0.29, 0.717) is 27.1 Å². The number of nitrogens with zero attached hydrogens (tertiary/aromatic N) is 2. The number of halogens is 2. The zero-order valence-electron chi connectivity index (χ0n) is 20.9. The Bertz CT molecular complexity index is 1390. The molecule has 3 aromatic carbocycles. The molecule has 0 bridgehead atoms. The van der Waals surface area contributed by atoms with Crippen LogP contribution in [0, 0.1) is 5.92 Å². The summed E-state index contributed by atoms with van der Waals surface area (Å²) in [5.41, 5.74) is 6.48. The molecule has 38 heavy (non-hydrogen) atoms. The van der Waals surface area contributed by atoms with Gasteiger partial charge in [-0.05, 0) is 91.9 Å². The first-order valence-electron chi connectivity index (χ1n) is 12.8. The van der Waals surface area contributed by atoms with Gasteiger partial charge in [0, 0.05) is 22.7 Å². The third-order valence-electron chi connectivity index (χ3n) is 6.88. The Hall–Kier alpha value is -3.38. The molecule has 0 radical (unpaired) electrons. The van der Waals surface area contributed by atoms with Gasteiger partial charge in [0.25, 0.3) is 5.91 Å². The van der Waals surface area contributed by atoms with Crippen molar-refractivity contribution in [2.45, 2.75) is 25.8 Å². The van der Waals surface area contributed by atoms with Crippen molar-refractivity contribution in [3.8, 4) is 11.3 Å². The fraction of sp³-hybridized carbons (Fsp3) is 0.226. The fourth-order valence-corrected chi connectivity index (χ4v) is 5.29. The van der Waals surface area contributed by atoms with Crippen LogP contribution in [0.3, 0.4) is 0 Å². The number of likely N-dealkylation sites (tertiary alicyclic amines) is 1. The van der Waals surface area contributed by atoms with Gasteiger partial charge in [-0.25, -0.2) is 5.43 Å². The van der Waals surface area contributed by atoms with Crippen LogP contribution in [0.5, 0.6) is 0 Å². The molecule has 0 spiro atoms. The van der Waals surface area contributed by atoms with Crippen molar-refractivity contribution >= 4 is 35.3 Å². The summed E-state index contributed by atoms with van der Waals surface area (Å²) in [6, 6.07) is 27.2. The molecule has 1 aliphatic heterocycles. The first-order valence-corrected chi connectivity index (χ1v) is 13.5. The number of benzene rings is 3. The predicted molar refractivity (Wildman–Crippen MR) is 154 cm³/mol. The van der Waals surface area contributed by atoms with Crippen LogP contribution in [0.2, 0.25) is 10.0 Å². The highest BCUT2D eigenvalue weighted by atomic mass is 35.5. The lowest BCUT2D eigenvalue weighted by molar-refractivity contribution is 0.0955. The average molecular weight is 546 g/mol. The minimum Gasteiger partial charge on any atom is -0.455 e. The van der Waals surface area contributed by atoms with E-state index in [1.807, 2.05) is 24.3 Å². The van der Waals surface area contributed by atoms with Crippen LogP contribution in [-0.4, -0.2) is 30.1 Å². The summed E-state index contributed by atoms with van der Waals surface area (Å²) in [6.07, 6.45) is 5.06. The fourth-order valence-electron chi connectivity index (χ4n) is 4.79. The van der Waals surface area contributed by atoms with E-state index in [4.69, 9.17) is 27.6 Å². The van der Waals surface area contributed by atoms with E-state index in [1.165, 1.54) is 36.6 Å². The van der Waals surface area contributed by atoms with Crippen LogP contribution in [0.15, 0.2) is 94.4 Å². The molecule has 7 heteroatoms. The predicted octanol–water partition coefficient (Wildman–Crippen LogP) is 7.47. The summed E-state index contributed by atoms with van der Waals surface area (Å²) >= 11 is 12.2. The van der Waals surface area contributed by atoms with Crippen molar-refractivity contribution in [1.29, 1.82) is 0 Å². The number of furan rings is 1. The smallest absolute Gasteiger partial charge is 0.271 e. The van der Waals surface area contributed by atoms with Crippen LogP contribution >= 0.6 is 23.2 Å². The van der Waals surface area contributed by atoms with Crippen molar-refractivity contribution in [3.05, 3.63) is 117 Å². The number of carbonyl (C=O) groups excluding carboxylic acids is 1. The number of carbonyl (C=O) groups is 1. The van der Waals surface area contributed by atoms with Gasteiger partial charge in [0.2, 0.25) is 0 Å². The Morgan fingerprint density at radius 2 is 1.71 bits per heavy atom. The molecule has 0 unspecified atom stereocenters. The van der Waals surface area contributed by atoms with E-state index in [9.17, 15) is 4.79 Å². The van der Waals surface area contributed by atoms with Crippen molar-refractivity contribution < 1.29 is 9.21 Å².